The van der Waals surface area contributed by atoms with Crippen molar-refractivity contribution >= 4 is 42.6 Å². The molecule has 3 aromatic rings. The van der Waals surface area contributed by atoms with Gasteiger partial charge in [0.1, 0.15) is 0 Å². The molecule has 1 aromatic heterocycles. The Kier molecular flexibility index (Phi) is 7.34. The summed E-state index contributed by atoms with van der Waals surface area (Å²) in [5.41, 5.74) is 2.42. The van der Waals surface area contributed by atoms with E-state index in [1.54, 1.807) is 24.1 Å². The zero-order valence-electron chi connectivity index (χ0n) is 19.4. The van der Waals surface area contributed by atoms with E-state index in [4.69, 9.17) is 0 Å². The highest BCUT2D eigenvalue weighted by atomic mass is 32.2. The fourth-order valence-electron chi connectivity index (χ4n) is 3.09. The predicted molar refractivity (Wildman–Crippen MR) is 131 cm³/mol. The summed E-state index contributed by atoms with van der Waals surface area (Å²) in [5, 5.41) is 0.633. The van der Waals surface area contributed by atoms with Crippen molar-refractivity contribution < 1.29 is 13.2 Å². The summed E-state index contributed by atoms with van der Waals surface area (Å²) >= 11 is 1.48. The Balaban J connectivity index is 1.94. The Bertz CT molecular complexity index is 1200. The van der Waals surface area contributed by atoms with Gasteiger partial charge in [0.05, 0.1) is 15.1 Å². The quantitative estimate of drug-likeness (QED) is 0.496. The molecule has 1 amide bonds. The summed E-state index contributed by atoms with van der Waals surface area (Å²) < 4.78 is 27.8. The van der Waals surface area contributed by atoms with E-state index in [9.17, 15) is 13.2 Å². The Morgan fingerprint density at radius 2 is 1.69 bits per heavy atom. The van der Waals surface area contributed by atoms with Gasteiger partial charge in [-0.05, 0) is 76.8 Å². The SMILES string of the molecule is Cc1ccc2nc(N(CCN(C)C)C(=O)c3ccc(S(=O)(=O)N(C)C(C)C)cc3)sc2c1. The number of benzene rings is 2. The average molecular weight is 475 g/mol. The van der Waals surface area contributed by atoms with Crippen molar-refractivity contribution in [3.05, 3.63) is 53.6 Å². The van der Waals surface area contributed by atoms with Gasteiger partial charge in [-0.2, -0.15) is 4.31 Å². The number of likely N-dealkylation sites (N-methyl/N-ethyl adjacent to an activating group) is 1. The molecule has 7 nitrogen and oxygen atoms in total. The molecule has 0 saturated heterocycles. The monoisotopic (exact) mass is 474 g/mol. The van der Waals surface area contributed by atoms with Gasteiger partial charge in [0.15, 0.2) is 5.13 Å². The van der Waals surface area contributed by atoms with Crippen LogP contribution in [0.3, 0.4) is 0 Å². The number of carbonyl (C=O) groups is 1. The van der Waals surface area contributed by atoms with Gasteiger partial charge < -0.3 is 4.90 Å². The number of anilines is 1. The van der Waals surface area contributed by atoms with Crippen LogP contribution >= 0.6 is 11.3 Å². The number of hydrogen-bond donors (Lipinski definition) is 0. The second-order valence-corrected chi connectivity index (χ2v) is 11.4. The van der Waals surface area contributed by atoms with Crippen LogP contribution in [0.15, 0.2) is 47.4 Å². The fraction of sp³-hybridized carbons (Fsp3) is 0.391. The first-order valence-corrected chi connectivity index (χ1v) is 12.7. The molecule has 0 radical (unpaired) electrons. The summed E-state index contributed by atoms with van der Waals surface area (Å²) in [6.45, 7) is 6.81. The number of amides is 1. The first-order valence-electron chi connectivity index (χ1n) is 10.4. The lowest BCUT2D eigenvalue weighted by Crippen LogP contribution is -2.37. The lowest BCUT2D eigenvalue weighted by Gasteiger charge is -2.23. The van der Waals surface area contributed by atoms with Gasteiger partial charge in [-0.25, -0.2) is 13.4 Å². The molecule has 1 heterocycles. The fourth-order valence-corrected chi connectivity index (χ4v) is 5.54. The largest absolute Gasteiger partial charge is 0.308 e. The number of aromatic nitrogens is 1. The molecule has 0 unspecified atom stereocenters. The zero-order valence-corrected chi connectivity index (χ0v) is 21.0. The van der Waals surface area contributed by atoms with E-state index in [2.05, 4.69) is 11.1 Å². The minimum atomic E-state index is -3.60. The Labute approximate surface area is 194 Å². The first kappa shape index (κ1) is 24.3. The summed E-state index contributed by atoms with van der Waals surface area (Å²) in [6.07, 6.45) is 0. The summed E-state index contributed by atoms with van der Waals surface area (Å²) in [7, 11) is 1.86. The third-order valence-corrected chi connectivity index (χ3v) is 8.37. The third-order valence-electron chi connectivity index (χ3n) is 5.28. The molecule has 0 bridgehead atoms. The Hall–Kier alpha value is -2.33. The number of fused-ring (bicyclic) bond motifs is 1. The normalized spacial score (nSPS) is 12.3. The molecule has 0 aliphatic heterocycles. The molecule has 0 fully saturated rings. The average Bonchev–Trinajstić information content (AvgIpc) is 3.15. The summed E-state index contributed by atoms with van der Waals surface area (Å²) in [5.74, 6) is -0.205. The van der Waals surface area contributed by atoms with Gasteiger partial charge >= 0.3 is 0 Å². The van der Waals surface area contributed by atoms with E-state index in [-0.39, 0.29) is 16.8 Å². The van der Waals surface area contributed by atoms with Crippen molar-refractivity contribution in [2.45, 2.75) is 31.7 Å². The number of nitrogens with zero attached hydrogens (tertiary/aromatic N) is 4. The van der Waals surface area contributed by atoms with E-state index < -0.39 is 10.0 Å². The van der Waals surface area contributed by atoms with Gasteiger partial charge in [0.2, 0.25) is 10.0 Å². The second kappa shape index (κ2) is 9.66. The molecule has 0 spiro atoms. The molecule has 32 heavy (non-hydrogen) atoms. The van der Waals surface area contributed by atoms with Crippen LogP contribution in [0.2, 0.25) is 0 Å². The lowest BCUT2D eigenvalue weighted by atomic mass is 10.2. The molecular weight excluding hydrogens is 444 g/mol. The van der Waals surface area contributed by atoms with Crippen molar-refractivity contribution in [1.29, 1.82) is 0 Å². The lowest BCUT2D eigenvalue weighted by molar-refractivity contribution is 0.0985. The maximum absolute atomic E-state index is 13.4. The van der Waals surface area contributed by atoms with Crippen LogP contribution in [0.1, 0.15) is 29.8 Å². The highest BCUT2D eigenvalue weighted by molar-refractivity contribution is 7.89. The number of rotatable bonds is 8. The molecule has 0 saturated carbocycles. The van der Waals surface area contributed by atoms with Crippen molar-refractivity contribution in [3.8, 4) is 0 Å². The molecule has 9 heteroatoms. The number of carbonyl (C=O) groups excluding carboxylic acids is 1. The van der Waals surface area contributed by atoms with E-state index in [0.717, 1.165) is 15.8 Å². The number of sulfonamides is 1. The molecule has 0 N–H and O–H groups in total. The van der Waals surface area contributed by atoms with Gasteiger partial charge in [0.25, 0.3) is 5.91 Å². The molecule has 2 aromatic carbocycles. The molecule has 0 aliphatic carbocycles. The molecule has 3 rings (SSSR count). The van der Waals surface area contributed by atoms with Gasteiger partial charge in [-0.3, -0.25) is 9.69 Å². The number of aryl methyl sites for hydroxylation is 1. The first-order chi connectivity index (χ1) is 15.0. The maximum atomic E-state index is 13.4. The van der Waals surface area contributed by atoms with Crippen LogP contribution in [0.5, 0.6) is 0 Å². The van der Waals surface area contributed by atoms with E-state index in [1.807, 2.05) is 51.9 Å². The van der Waals surface area contributed by atoms with Crippen molar-refractivity contribution in [2.75, 3.05) is 39.1 Å². The highest BCUT2D eigenvalue weighted by Gasteiger charge is 2.25. The second-order valence-electron chi connectivity index (χ2n) is 8.37. The van der Waals surface area contributed by atoms with Crippen LogP contribution in [-0.2, 0) is 10.0 Å². The van der Waals surface area contributed by atoms with Crippen LogP contribution in [0, 0.1) is 6.92 Å². The van der Waals surface area contributed by atoms with Crippen LogP contribution in [0.25, 0.3) is 10.2 Å². The third kappa shape index (κ3) is 5.17. The maximum Gasteiger partial charge on any atom is 0.260 e. The minimum absolute atomic E-state index is 0.162. The van der Waals surface area contributed by atoms with Crippen molar-refractivity contribution in [2.24, 2.45) is 0 Å². The Morgan fingerprint density at radius 3 is 2.28 bits per heavy atom. The topological polar surface area (TPSA) is 73.8 Å². The van der Waals surface area contributed by atoms with E-state index >= 15 is 0 Å². The van der Waals surface area contributed by atoms with Gasteiger partial charge in [0, 0.05) is 31.7 Å². The van der Waals surface area contributed by atoms with Gasteiger partial charge in [-0.1, -0.05) is 17.4 Å². The van der Waals surface area contributed by atoms with Crippen molar-refractivity contribution in [1.82, 2.24) is 14.2 Å². The van der Waals surface area contributed by atoms with Crippen LogP contribution in [-0.4, -0.2) is 68.8 Å². The molecule has 0 aliphatic rings. The number of hydrogen-bond acceptors (Lipinski definition) is 6. The Morgan fingerprint density at radius 1 is 1.03 bits per heavy atom. The molecule has 172 valence electrons. The smallest absolute Gasteiger partial charge is 0.260 e. The van der Waals surface area contributed by atoms with Crippen LogP contribution < -0.4 is 4.90 Å². The predicted octanol–water partition coefficient (Wildman–Crippen LogP) is 3.84. The van der Waals surface area contributed by atoms with Gasteiger partial charge in [-0.15, -0.1) is 0 Å². The van der Waals surface area contributed by atoms with E-state index in [1.165, 1.54) is 27.8 Å². The summed E-state index contributed by atoms with van der Waals surface area (Å²) in [4.78, 5) is 21.9. The summed E-state index contributed by atoms with van der Waals surface area (Å²) in [6, 6.07) is 12.0. The van der Waals surface area contributed by atoms with Crippen molar-refractivity contribution in [3.63, 3.8) is 0 Å². The highest BCUT2D eigenvalue weighted by Crippen LogP contribution is 2.30. The zero-order chi connectivity index (χ0) is 23.6. The number of thiazole rings is 1. The van der Waals surface area contributed by atoms with Crippen LogP contribution in [0.4, 0.5) is 5.13 Å². The molecule has 0 atom stereocenters. The minimum Gasteiger partial charge on any atom is -0.308 e. The van der Waals surface area contributed by atoms with E-state index in [0.29, 0.717) is 23.8 Å². The molecular formula is C23H30N4O3S2. The standard InChI is InChI=1S/C23H30N4O3S2/c1-16(2)26(6)32(29,30)19-10-8-18(9-11-19)22(28)27(14-13-25(4)5)23-24-20-12-7-17(3)15-21(20)31-23/h7-12,15-16H,13-14H2,1-6H3.